The van der Waals surface area contributed by atoms with Crippen LogP contribution in [0, 0.1) is 6.92 Å². The molecule has 22 heavy (non-hydrogen) atoms. The van der Waals surface area contributed by atoms with Crippen molar-refractivity contribution in [3.8, 4) is 5.75 Å². The Morgan fingerprint density at radius 2 is 2.00 bits per heavy atom. The molecule has 0 saturated heterocycles. The largest absolute Gasteiger partial charge is 0.489 e. The van der Waals surface area contributed by atoms with Gasteiger partial charge >= 0.3 is 5.63 Å². The number of benzene rings is 2. The molecular weight excluding hydrogens is 276 g/mol. The van der Waals surface area contributed by atoms with Gasteiger partial charge in [-0.15, -0.1) is 0 Å². The number of rotatable bonds is 4. The molecule has 0 saturated carbocycles. The average molecular weight is 292 g/mol. The highest BCUT2D eigenvalue weighted by atomic mass is 16.5. The minimum absolute atomic E-state index is 0.348. The van der Waals surface area contributed by atoms with Gasteiger partial charge < -0.3 is 9.15 Å². The second-order valence-corrected chi connectivity index (χ2v) is 5.10. The molecule has 0 fully saturated rings. The van der Waals surface area contributed by atoms with Crippen molar-refractivity contribution < 1.29 is 9.15 Å². The molecule has 0 unspecified atom stereocenters. The van der Waals surface area contributed by atoms with Gasteiger partial charge in [-0.3, -0.25) is 0 Å². The van der Waals surface area contributed by atoms with Crippen molar-refractivity contribution in [2.24, 2.45) is 0 Å². The van der Waals surface area contributed by atoms with E-state index in [4.69, 9.17) is 9.15 Å². The van der Waals surface area contributed by atoms with E-state index in [-0.39, 0.29) is 5.63 Å². The maximum absolute atomic E-state index is 11.5. The van der Waals surface area contributed by atoms with E-state index in [0.29, 0.717) is 17.9 Å². The van der Waals surface area contributed by atoms with E-state index < -0.39 is 0 Å². The third-order valence-corrected chi connectivity index (χ3v) is 3.59. The third-order valence-electron chi connectivity index (χ3n) is 3.59. The lowest BCUT2D eigenvalue weighted by molar-refractivity contribution is 0.306. The highest BCUT2D eigenvalue weighted by molar-refractivity contribution is 5.81. The van der Waals surface area contributed by atoms with Gasteiger partial charge in [-0.25, -0.2) is 4.79 Å². The molecule has 0 aliphatic rings. The molecule has 3 heteroatoms. The zero-order chi connectivity index (χ0) is 15.5. The van der Waals surface area contributed by atoms with Gasteiger partial charge in [0.25, 0.3) is 0 Å². The molecule has 3 nitrogen and oxygen atoms in total. The fraction of sp³-hybridized carbons (Fsp3) is 0.105. The van der Waals surface area contributed by atoms with Gasteiger partial charge in [0.2, 0.25) is 0 Å². The van der Waals surface area contributed by atoms with Gasteiger partial charge in [0.15, 0.2) is 0 Å². The van der Waals surface area contributed by atoms with Crippen molar-refractivity contribution >= 4 is 17.0 Å². The molecule has 3 aromatic rings. The van der Waals surface area contributed by atoms with E-state index in [2.05, 4.69) is 6.58 Å². The number of hydrogen-bond donors (Lipinski definition) is 0. The highest BCUT2D eigenvalue weighted by Crippen LogP contribution is 2.23. The Morgan fingerprint density at radius 3 is 2.82 bits per heavy atom. The molecular formula is C19H16O3. The smallest absolute Gasteiger partial charge is 0.336 e. The van der Waals surface area contributed by atoms with Crippen LogP contribution in [0.1, 0.15) is 16.7 Å². The van der Waals surface area contributed by atoms with Crippen LogP contribution in [0.3, 0.4) is 0 Å². The van der Waals surface area contributed by atoms with Crippen LogP contribution in [0.4, 0.5) is 0 Å². The SMILES string of the molecule is C=Cc1ccccc1COc1ccc2c(C)cc(=O)oc2c1. The Labute approximate surface area is 128 Å². The summed E-state index contributed by atoms with van der Waals surface area (Å²) in [6.07, 6.45) is 1.81. The Hall–Kier alpha value is -2.81. The summed E-state index contributed by atoms with van der Waals surface area (Å²) >= 11 is 0. The Kier molecular flexibility index (Phi) is 3.79. The van der Waals surface area contributed by atoms with Gasteiger partial charge in [0, 0.05) is 17.5 Å². The first-order valence-electron chi connectivity index (χ1n) is 7.05. The lowest BCUT2D eigenvalue weighted by atomic mass is 10.1. The van der Waals surface area contributed by atoms with Crippen molar-refractivity contribution in [3.05, 3.63) is 82.2 Å². The first kappa shape index (κ1) is 14.1. The van der Waals surface area contributed by atoms with E-state index in [1.165, 1.54) is 6.07 Å². The normalized spacial score (nSPS) is 10.6. The molecule has 3 rings (SSSR count). The summed E-state index contributed by atoms with van der Waals surface area (Å²) in [5.74, 6) is 0.667. The third kappa shape index (κ3) is 2.79. The summed E-state index contributed by atoms with van der Waals surface area (Å²) in [4.78, 5) is 11.5. The zero-order valence-electron chi connectivity index (χ0n) is 12.3. The number of hydrogen-bond acceptors (Lipinski definition) is 3. The van der Waals surface area contributed by atoms with Crippen LogP contribution in [0.2, 0.25) is 0 Å². The Morgan fingerprint density at radius 1 is 1.18 bits per heavy atom. The van der Waals surface area contributed by atoms with E-state index in [1.807, 2.05) is 49.4 Å². The van der Waals surface area contributed by atoms with Crippen LogP contribution in [0.15, 0.2) is 64.3 Å². The maximum atomic E-state index is 11.5. The molecule has 0 spiro atoms. The topological polar surface area (TPSA) is 39.4 Å². The lowest BCUT2D eigenvalue weighted by Gasteiger charge is -2.09. The average Bonchev–Trinajstić information content (AvgIpc) is 2.52. The maximum Gasteiger partial charge on any atom is 0.336 e. The molecule has 110 valence electrons. The van der Waals surface area contributed by atoms with Crippen molar-refractivity contribution in [2.45, 2.75) is 13.5 Å². The molecule has 0 bridgehead atoms. The second kappa shape index (κ2) is 5.90. The Balaban J connectivity index is 1.88. The fourth-order valence-corrected chi connectivity index (χ4v) is 2.42. The quantitative estimate of drug-likeness (QED) is 0.672. The molecule has 0 amide bonds. The monoisotopic (exact) mass is 292 g/mol. The van der Waals surface area contributed by atoms with Gasteiger partial charge in [-0.05, 0) is 35.7 Å². The predicted octanol–water partition coefficient (Wildman–Crippen LogP) is 4.32. The van der Waals surface area contributed by atoms with Crippen LogP contribution < -0.4 is 10.4 Å². The van der Waals surface area contributed by atoms with E-state index in [0.717, 1.165) is 22.1 Å². The van der Waals surface area contributed by atoms with Crippen molar-refractivity contribution in [2.75, 3.05) is 0 Å². The van der Waals surface area contributed by atoms with Crippen LogP contribution in [0.25, 0.3) is 17.0 Å². The van der Waals surface area contributed by atoms with Crippen LogP contribution >= 0.6 is 0 Å². The number of fused-ring (bicyclic) bond motifs is 1. The molecule has 0 N–H and O–H groups in total. The summed E-state index contributed by atoms with van der Waals surface area (Å²) < 4.78 is 11.0. The molecule has 0 aliphatic heterocycles. The van der Waals surface area contributed by atoms with Crippen LogP contribution in [-0.4, -0.2) is 0 Å². The van der Waals surface area contributed by atoms with Gasteiger partial charge in [0.05, 0.1) is 0 Å². The van der Waals surface area contributed by atoms with Gasteiger partial charge in [-0.2, -0.15) is 0 Å². The van der Waals surface area contributed by atoms with Crippen molar-refractivity contribution in [3.63, 3.8) is 0 Å². The molecule has 0 atom stereocenters. The Bertz CT molecular complexity index is 891. The minimum Gasteiger partial charge on any atom is -0.489 e. The second-order valence-electron chi connectivity index (χ2n) is 5.10. The summed E-state index contributed by atoms with van der Waals surface area (Å²) in [6, 6.07) is 15.0. The first-order valence-corrected chi connectivity index (χ1v) is 7.05. The number of aryl methyl sites for hydroxylation is 1. The van der Waals surface area contributed by atoms with Crippen molar-refractivity contribution in [1.29, 1.82) is 0 Å². The van der Waals surface area contributed by atoms with Crippen molar-refractivity contribution in [1.82, 2.24) is 0 Å². The first-order chi connectivity index (χ1) is 10.7. The van der Waals surface area contributed by atoms with E-state index in [9.17, 15) is 4.79 Å². The molecule has 0 radical (unpaired) electrons. The summed E-state index contributed by atoms with van der Waals surface area (Å²) in [5.41, 5.74) is 3.20. The predicted molar refractivity (Wildman–Crippen MR) is 88.1 cm³/mol. The number of ether oxygens (including phenoxy) is 1. The van der Waals surface area contributed by atoms with E-state index in [1.54, 1.807) is 6.07 Å². The van der Waals surface area contributed by atoms with Gasteiger partial charge in [0.1, 0.15) is 17.9 Å². The summed E-state index contributed by atoms with van der Waals surface area (Å²) in [5, 5.41) is 0.915. The molecule has 0 aliphatic carbocycles. The standard InChI is InChI=1S/C19H16O3/c1-3-14-6-4-5-7-15(14)12-21-16-8-9-17-13(2)10-19(20)22-18(17)11-16/h3-11H,1,12H2,2H3. The fourth-order valence-electron chi connectivity index (χ4n) is 2.42. The van der Waals surface area contributed by atoms with Crippen LogP contribution in [-0.2, 0) is 6.61 Å². The summed E-state index contributed by atoms with van der Waals surface area (Å²) in [7, 11) is 0. The molecule has 1 heterocycles. The molecule has 2 aromatic carbocycles. The lowest BCUT2D eigenvalue weighted by Crippen LogP contribution is -2.00. The van der Waals surface area contributed by atoms with Crippen LogP contribution in [0.5, 0.6) is 5.75 Å². The van der Waals surface area contributed by atoms with E-state index >= 15 is 0 Å². The highest BCUT2D eigenvalue weighted by Gasteiger charge is 2.05. The minimum atomic E-state index is -0.348. The molecule has 1 aromatic heterocycles. The van der Waals surface area contributed by atoms with Gasteiger partial charge in [-0.1, -0.05) is 36.9 Å². The summed E-state index contributed by atoms with van der Waals surface area (Å²) in [6.45, 7) is 6.12. The zero-order valence-corrected chi connectivity index (χ0v) is 12.3.